The van der Waals surface area contributed by atoms with Crippen molar-refractivity contribution in [3.8, 4) is 0 Å². The van der Waals surface area contributed by atoms with Crippen LogP contribution in [-0.4, -0.2) is 23.4 Å². The molecule has 3 nitrogen and oxygen atoms in total. The van der Waals surface area contributed by atoms with E-state index < -0.39 is 0 Å². The average molecular weight is 263 g/mol. The molecule has 0 spiro atoms. The van der Waals surface area contributed by atoms with Gasteiger partial charge in [-0.15, -0.1) is 0 Å². The van der Waals surface area contributed by atoms with E-state index in [1.165, 1.54) is 49.1 Å². The molecule has 3 heteroatoms. The number of nitrogens with zero attached hydrogens (tertiary/aromatic N) is 2. The largest absolute Gasteiger partial charge is 0.319 e. The Morgan fingerprint density at radius 1 is 1.16 bits per heavy atom. The number of likely N-dealkylation sites (N-methyl/N-ethyl adjacent to an activating group) is 1. The number of nitrogens with one attached hydrogen (secondary N) is 1. The highest BCUT2D eigenvalue weighted by atomic mass is 15.3. The molecule has 0 bridgehead atoms. The summed E-state index contributed by atoms with van der Waals surface area (Å²) >= 11 is 0. The monoisotopic (exact) mass is 263 g/mol. The number of rotatable bonds is 6. The summed E-state index contributed by atoms with van der Waals surface area (Å²) in [6.07, 6.45) is 10.1. The van der Waals surface area contributed by atoms with Gasteiger partial charge in [-0.25, -0.2) is 0 Å². The minimum atomic E-state index is 0.664. The summed E-state index contributed by atoms with van der Waals surface area (Å²) in [6, 6.07) is 0.664. The molecule has 0 amide bonds. The second-order valence-electron chi connectivity index (χ2n) is 5.67. The van der Waals surface area contributed by atoms with Crippen molar-refractivity contribution in [1.29, 1.82) is 0 Å². The molecule has 1 saturated carbocycles. The first kappa shape index (κ1) is 14.6. The van der Waals surface area contributed by atoms with Crippen molar-refractivity contribution < 1.29 is 0 Å². The van der Waals surface area contributed by atoms with Gasteiger partial charge in [0.1, 0.15) is 0 Å². The highest BCUT2D eigenvalue weighted by molar-refractivity contribution is 5.28. The molecule has 1 N–H and O–H groups in total. The highest BCUT2D eigenvalue weighted by Gasteiger charge is 2.22. The predicted molar refractivity (Wildman–Crippen MR) is 80.7 cm³/mol. The minimum absolute atomic E-state index is 0.664. The van der Waals surface area contributed by atoms with E-state index in [1.54, 1.807) is 0 Å². The molecule has 1 aliphatic rings. The van der Waals surface area contributed by atoms with Gasteiger partial charge in [-0.05, 0) is 51.3 Å². The zero-order chi connectivity index (χ0) is 13.7. The van der Waals surface area contributed by atoms with Crippen molar-refractivity contribution in [2.24, 2.45) is 0 Å². The van der Waals surface area contributed by atoms with Crippen LogP contribution in [0.4, 0.5) is 0 Å². The van der Waals surface area contributed by atoms with E-state index in [4.69, 9.17) is 5.10 Å². The fourth-order valence-corrected chi connectivity index (χ4v) is 3.38. The van der Waals surface area contributed by atoms with E-state index in [2.05, 4.69) is 23.8 Å². The molecule has 1 heterocycles. The van der Waals surface area contributed by atoms with Crippen molar-refractivity contribution in [3.63, 3.8) is 0 Å². The summed E-state index contributed by atoms with van der Waals surface area (Å²) in [5, 5.41) is 8.24. The fraction of sp³-hybridized carbons (Fsp3) is 0.812. The molecule has 19 heavy (non-hydrogen) atoms. The highest BCUT2D eigenvalue weighted by Crippen LogP contribution is 2.31. The van der Waals surface area contributed by atoms with Crippen LogP contribution in [0.1, 0.15) is 68.9 Å². The van der Waals surface area contributed by atoms with Crippen molar-refractivity contribution in [1.82, 2.24) is 15.1 Å². The minimum Gasteiger partial charge on any atom is -0.319 e. The molecular formula is C16H29N3. The summed E-state index contributed by atoms with van der Waals surface area (Å²) in [7, 11) is 2.03. The zero-order valence-corrected chi connectivity index (χ0v) is 12.8. The first-order valence-corrected chi connectivity index (χ1v) is 8.05. The Hall–Kier alpha value is -0.830. The van der Waals surface area contributed by atoms with Crippen molar-refractivity contribution >= 4 is 0 Å². The zero-order valence-electron chi connectivity index (χ0n) is 12.8. The van der Waals surface area contributed by atoms with Crippen LogP contribution in [-0.2, 0) is 19.3 Å². The fourth-order valence-electron chi connectivity index (χ4n) is 3.38. The van der Waals surface area contributed by atoms with Crippen LogP contribution in [0.25, 0.3) is 0 Å². The first-order valence-electron chi connectivity index (χ1n) is 8.05. The van der Waals surface area contributed by atoms with Crippen molar-refractivity contribution in [2.45, 2.75) is 71.3 Å². The van der Waals surface area contributed by atoms with Gasteiger partial charge in [0.05, 0.1) is 11.7 Å². The lowest BCUT2D eigenvalue weighted by Gasteiger charge is -2.24. The standard InChI is InChI=1S/C16H29N3/c1-4-15-14(11-12-17-3)16(5-2)19(18-15)13-9-7-6-8-10-13/h13,17H,4-12H2,1-3H3. The van der Waals surface area contributed by atoms with Gasteiger partial charge in [-0.3, -0.25) is 4.68 Å². The maximum absolute atomic E-state index is 4.96. The van der Waals surface area contributed by atoms with E-state index in [-0.39, 0.29) is 0 Å². The Balaban J connectivity index is 2.28. The maximum Gasteiger partial charge on any atom is 0.0657 e. The van der Waals surface area contributed by atoms with E-state index in [1.807, 2.05) is 7.05 Å². The first-order chi connectivity index (χ1) is 9.31. The summed E-state index contributed by atoms with van der Waals surface area (Å²) < 4.78 is 2.39. The lowest BCUT2D eigenvalue weighted by atomic mass is 9.95. The van der Waals surface area contributed by atoms with Gasteiger partial charge < -0.3 is 5.32 Å². The Bertz CT molecular complexity index is 389. The van der Waals surface area contributed by atoms with Gasteiger partial charge in [0.25, 0.3) is 0 Å². The molecule has 1 aliphatic carbocycles. The molecule has 0 aromatic carbocycles. The van der Waals surface area contributed by atoms with E-state index in [0.29, 0.717) is 6.04 Å². The lowest BCUT2D eigenvalue weighted by Crippen LogP contribution is -2.17. The third kappa shape index (κ3) is 3.19. The summed E-state index contributed by atoms with van der Waals surface area (Å²) in [5.41, 5.74) is 4.35. The van der Waals surface area contributed by atoms with Crippen LogP contribution in [0.5, 0.6) is 0 Å². The number of hydrogen-bond donors (Lipinski definition) is 1. The lowest BCUT2D eigenvalue weighted by molar-refractivity contribution is 0.321. The van der Waals surface area contributed by atoms with Crippen LogP contribution >= 0.6 is 0 Å². The Morgan fingerprint density at radius 2 is 1.89 bits per heavy atom. The van der Waals surface area contributed by atoms with Crippen molar-refractivity contribution in [3.05, 3.63) is 17.0 Å². The van der Waals surface area contributed by atoms with E-state index in [9.17, 15) is 0 Å². The second kappa shape index (κ2) is 7.09. The van der Waals surface area contributed by atoms with Crippen molar-refractivity contribution in [2.75, 3.05) is 13.6 Å². The molecule has 0 unspecified atom stereocenters. The average Bonchev–Trinajstić information content (AvgIpc) is 2.83. The Morgan fingerprint density at radius 3 is 2.47 bits per heavy atom. The summed E-state index contributed by atoms with van der Waals surface area (Å²) in [5.74, 6) is 0. The molecule has 1 aromatic rings. The van der Waals surface area contributed by atoms with Crippen LogP contribution in [0, 0.1) is 0 Å². The SMILES string of the molecule is CCc1nn(C2CCCCC2)c(CC)c1CCNC. The molecule has 0 radical (unpaired) electrons. The maximum atomic E-state index is 4.96. The molecule has 0 atom stereocenters. The Labute approximate surface area is 117 Å². The van der Waals surface area contributed by atoms with Gasteiger partial charge in [0, 0.05) is 5.69 Å². The Kier molecular flexibility index (Phi) is 5.44. The third-order valence-electron chi connectivity index (χ3n) is 4.42. The molecule has 1 fully saturated rings. The van der Waals surface area contributed by atoms with Gasteiger partial charge in [-0.2, -0.15) is 5.10 Å². The van der Waals surface area contributed by atoms with E-state index in [0.717, 1.165) is 25.8 Å². The van der Waals surface area contributed by atoms with E-state index >= 15 is 0 Å². The van der Waals surface area contributed by atoms with Gasteiger partial charge in [-0.1, -0.05) is 33.1 Å². The summed E-state index contributed by atoms with van der Waals surface area (Å²) in [6.45, 7) is 5.56. The van der Waals surface area contributed by atoms with Gasteiger partial charge in [0.15, 0.2) is 0 Å². The van der Waals surface area contributed by atoms with Crippen LogP contribution < -0.4 is 5.32 Å². The molecule has 0 saturated heterocycles. The molecular weight excluding hydrogens is 234 g/mol. The topological polar surface area (TPSA) is 29.9 Å². The van der Waals surface area contributed by atoms with Crippen LogP contribution in [0.2, 0.25) is 0 Å². The van der Waals surface area contributed by atoms with Gasteiger partial charge >= 0.3 is 0 Å². The molecule has 0 aliphatic heterocycles. The normalized spacial score (nSPS) is 17.0. The molecule has 2 rings (SSSR count). The van der Waals surface area contributed by atoms with Crippen LogP contribution in [0.3, 0.4) is 0 Å². The number of aryl methyl sites for hydroxylation is 1. The van der Waals surface area contributed by atoms with Crippen LogP contribution in [0.15, 0.2) is 0 Å². The number of aromatic nitrogens is 2. The molecule has 1 aromatic heterocycles. The quantitative estimate of drug-likeness (QED) is 0.853. The van der Waals surface area contributed by atoms with Gasteiger partial charge in [0.2, 0.25) is 0 Å². The number of hydrogen-bond acceptors (Lipinski definition) is 2. The summed E-state index contributed by atoms with van der Waals surface area (Å²) in [4.78, 5) is 0. The second-order valence-corrected chi connectivity index (χ2v) is 5.67. The predicted octanol–water partition coefficient (Wildman–Crippen LogP) is 3.28. The molecule has 108 valence electrons. The third-order valence-corrected chi connectivity index (χ3v) is 4.42. The smallest absolute Gasteiger partial charge is 0.0657 e.